The summed E-state index contributed by atoms with van der Waals surface area (Å²) in [4.78, 5) is 27.0. The molecule has 0 saturated carbocycles. The number of benzene rings is 1. The van der Waals surface area contributed by atoms with Gasteiger partial charge in [-0.1, -0.05) is 44.2 Å². The van der Waals surface area contributed by atoms with Crippen molar-refractivity contribution in [3.63, 3.8) is 0 Å². The molecule has 1 unspecified atom stereocenters. The number of likely N-dealkylation sites (N-methyl/N-ethyl adjacent to an activating group) is 1. The molecule has 1 aliphatic heterocycles. The minimum absolute atomic E-state index is 0.0552. The first-order valence-corrected chi connectivity index (χ1v) is 6.73. The number of ether oxygens (including phenoxy) is 1. The molecule has 0 bridgehead atoms. The average molecular weight is 276 g/mol. The maximum Gasteiger partial charge on any atom is 0.412 e. The number of carbonyl (C=O) groups excluding carboxylic acids is 2. The summed E-state index contributed by atoms with van der Waals surface area (Å²) in [7, 11) is 1.72. The smallest absolute Gasteiger partial charge is 0.412 e. The van der Waals surface area contributed by atoms with E-state index in [2.05, 4.69) is 0 Å². The number of hydrogen-bond acceptors (Lipinski definition) is 3. The maximum absolute atomic E-state index is 12.1. The molecule has 1 atom stereocenters. The fraction of sp³-hybridized carbons (Fsp3) is 0.467. The molecule has 1 aromatic rings. The molecule has 2 rings (SSSR count). The Morgan fingerprint density at radius 2 is 2.00 bits per heavy atom. The second kappa shape index (κ2) is 5.94. The lowest BCUT2D eigenvalue weighted by atomic mass is 10.1. The van der Waals surface area contributed by atoms with Crippen LogP contribution in [0.1, 0.15) is 19.4 Å². The van der Waals surface area contributed by atoms with Gasteiger partial charge in [-0.25, -0.2) is 4.79 Å². The van der Waals surface area contributed by atoms with Gasteiger partial charge in [0.1, 0.15) is 19.3 Å². The Kier molecular flexibility index (Phi) is 4.27. The molecule has 1 aromatic carbocycles. The topological polar surface area (TPSA) is 49.9 Å². The summed E-state index contributed by atoms with van der Waals surface area (Å²) in [6.07, 6.45) is -0.670. The van der Waals surface area contributed by atoms with Crippen LogP contribution in [0.3, 0.4) is 0 Å². The third kappa shape index (κ3) is 2.92. The predicted molar refractivity (Wildman–Crippen MR) is 74.7 cm³/mol. The highest BCUT2D eigenvalue weighted by Gasteiger charge is 2.40. The monoisotopic (exact) mass is 276 g/mol. The van der Waals surface area contributed by atoms with Crippen LogP contribution in [0.4, 0.5) is 4.79 Å². The van der Waals surface area contributed by atoms with Crippen LogP contribution in [0.2, 0.25) is 0 Å². The van der Waals surface area contributed by atoms with E-state index in [9.17, 15) is 9.59 Å². The molecule has 0 aliphatic carbocycles. The highest BCUT2D eigenvalue weighted by Crippen LogP contribution is 2.22. The number of nitrogens with zero attached hydrogens (tertiary/aromatic N) is 2. The standard InChI is InChI=1S/C15H20N2O3/c1-11(2)14-16(3)13(18)9-17(14)15(19)20-10-12-7-5-4-6-8-12/h4-8,11,14H,9-10H2,1-3H3. The zero-order valence-corrected chi connectivity index (χ0v) is 12.1. The zero-order chi connectivity index (χ0) is 14.7. The van der Waals surface area contributed by atoms with E-state index in [1.54, 1.807) is 11.9 Å². The molecule has 1 fully saturated rings. The number of rotatable bonds is 3. The van der Waals surface area contributed by atoms with Gasteiger partial charge in [-0.05, 0) is 11.5 Å². The lowest BCUT2D eigenvalue weighted by molar-refractivity contribution is -0.127. The summed E-state index contributed by atoms with van der Waals surface area (Å²) in [5, 5.41) is 0. The summed E-state index contributed by atoms with van der Waals surface area (Å²) in [6.45, 7) is 4.28. The van der Waals surface area contributed by atoms with Crippen LogP contribution in [0.5, 0.6) is 0 Å². The largest absolute Gasteiger partial charge is 0.444 e. The Morgan fingerprint density at radius 1 is 1.35 bits per heavy atom. The highest BCUT2D eigenvalue weighted by atomic mass is 16.6. The Morgan fingerprint density at radius 3 is 2.60 bits per heavy atom. The van der Waals surface area contributed by atoms with E-state index < -0.39 is 6.09 Å². The normalized spacial score (nSPS) is 18.8. The van der Waals surface area contributed by atoms with E-state index in [0.29, 0.717) is 0 Å². The number of hydrogen-bond donors (Lipinski definition) is 0. The third-order valence-corrected chi connectivity index (χ3v) is 3.45. The predicted octanol–water partition coefficient (Wildman–Crippen LogP) is 2.08. The van der Waals surface area contributed by atoms with Gasteiger partial charge in [-0.15, -0.1) is 0 Å². The van der Waals surface area contributed by atoms with E-state index >= 15 is 0 Å². The molecule has 20 heavy (non-hydrogen) atoms. The molecular formula is C15H20N2O3. The van der Waals surface area contributed by atoms with Gasteiger partial charge in [-0.3, -0.25) is 9.69 Å². The van der Waals surface area contributed by atoms with E-state index in [4.69, 9.17) is 4.74 Å². The summed E-state index contributed by atoms with van der Waals surface area (Å²) in [6, 6.07) is 9.50. The second-order valence-corrected chi connectivity index (χ2v) is 5.33. The Hall–Kier alpha value is -2.04. The Balaban J connectivity index is 1.99. The fourth-order valence-corrected chi connectivity index (χ4v) is 2.49. The van der Waals surface area contributed by atoms with Crippen molar-refractivity contribution in [2.45, 2.75) is 26.6 Å². The summed E-state index contributed by atoms with van der Waals surface area (Å²) in [5.41, 5.74) is 0.931. The van der Waals surface area contributed by atoms with Gasteiger partial charge in [0.25, 0.3) is 0 Å². The second-order valence-electron chi connectivity index (χ2n) is 5.33. The molecule has 5 nitrogen and oxygen atoms in total. The summed E-state index contributed by atoms with van der Waals surface area (Å²) < 4.78 is 5.30. The molecule has 1 aliphatic rings. The number of amides is 2. The van der Waals surface area contributed by atoms with Crippen molar-refractivity contribution in [1.82, 2.24) is 9.80 Å². The molecule has 0 spiro atoms. The molecule has 108 valence electrons. The molecule has 5 heteroatoms. The minimum Gasteiger partial charge on any atom is -0.444 e. The van der Waals surface area contributed by atoms with Crippen molar-refractivity contribution in [2.75, 3.05) is 13.6 Å². The van der Waals surface area contributed by atoms with Crippen molar-refractivity contribution in [3.8, 4) is 0 Å². The summed E-state index contributed by atoms with van der Waals surface area (Å²) >= 11 is 0. The lowest BCUT2D eigenvalue weighted by Gasteiger charge is -2.30. The van der Waals surface area contributed by atoms with E-state index in [0.717, 1.165) is 5.56 Å². The molecule has 1 heterocycles. The first kappa shape index (κ1) is 14.4. The van der Waals surface area contributed by atoms with Crippen LogP contribution >= 0.6 is 0 Å². The number of carbonyl (C=O) groups is 2. The molecule has 1 saturated heterocycles. The van der Waals surface area contributed by atoms with Gasteiger partial charge < -0.3 is 9.64 Å². The van der Waals surface area contributed by atoms with E-state index in [1.807, 2.05) is 44.2 Å². The SMILES string of the molecule is CC(C)C1N(C)C(=O)CN1C(=O)OCc1ccccc1. The Labute approximate surface area is 119 Å². The molecule has 0 aromatic heterocycles. The quantitative estimate of drug-likeness (QED) is 0.849. The van der Waals surface area contributed by atoms with Crippen LogP contribution in [0, 0.1) is 5.92 Å². The fourth-order valence-electron chi connectivity index (χ4n) is 2.49. The van der Waals surface area contributed by atoms with E-state index in [-0.39, 0.29) is 31.1 Å². The average Bonchev–Trinajstić information content (AvgIpc) is 2.73. The highest BCUT2D eigenvalue weighted by molar-refractivity contribution is 5.85. The van der Waals surface area contributed by atoms with Gasteiger partial charge in [0.2, 0.25) is 5.91 Å². The van der Waals surface area contributed by atoms with Crippen LogP contribution < -0.4 is 0 Å². The van der Waals surface area contributed by atoms with Gasteiger partial charge in [0.15, 0.2) is 0 Å². The van der Waals surface area contributed by atoms with Gasteiger partial charge in [0.05, 0.1) is 0 Å². The first-order chi connectivity index (χ1) is 9.50. The van der Waals surface area contributed by atoms with Crippen molar-refractivity contribution in [1.29, 1.82) is 0 Å². The van der Waals surface area contributed by atoms with Gasteiger partial charge >= 0.3 is 6.09 Å². The van der Waals surface area contributed by atoms with Crippen molar-refractivity contribution in [2.24, 2.45) is 5.92 Å². The van der Waals surface area contributed by atoms with E-state index in [1.165, 1.54) is 4.90 Å². The van der Waals surface area contributed by atoms with Crippen molar-refractivity contribution >= 4 is 12.0 Å². The molecular weight excluding hydrogens is 256 g/mol. The van der Waals surface area contributed by atoms with Crippen LogP contribution in [-0.4, -0.2) is 41.6 Å². The van der Waals surface area contributed by atoms with Crippen LogP contribution in [-0.2, 0) is 16.1 Å². The maximum atomic E-state index is 12.1. The van der Waals surface area contributed by atoms with Crippen LogP contribution in [0.15, 0.2) is 30.3 Å². The van der Waals surface area contributed by atoms with Crippen molar-refractivity contribution < 1.29 is 14.3 Å². The van der Waals surface area contributed by atoms with Crippen LogP contribution in [0.25, 0.3) is 0 Å². The molecule has 0 radical (unpaired) electrons. The van der Waals surface area contributed by atoms with Gasteiger partial charge in [-0.2, -0.15) is 0 Å². The molecule has 2 amide bonds. The lowest BCUT2D eigenvalue weighted by Crippen LogP contribution is -2.44. The zero-order valence-electron chi connectivity index (χ0n) is 12.1. The van der Waals surface area contributed by atoms with Crippen molar-refractivity contribution in [3.05, 3.63) is 35.9 Å². The summed E-state index contributed by atoms with van der Waals surface area (Å²) in [5.74, 6) is 0.107. The minimum atomic E-state index is -0.440. The third-order valence-electron chi connectivity index (χ3n) is 3.45. The molecule has 0 N–H and O–H groups in total. The van der Waals surface area contributed by atoms with Gasteiger partial charge in [0, 0.05) is 7.05 Å². The Bertz CT molecular complexity index is 487. The first-order valence-electron chi connectivity index (χ1n) is 6.73.